The first-order valence-corrected chi connectivity index (χ1v) is 5.81. The van der Waals surface area contributed by atoms with Gasteiger partial charge in [-0.3, -0.25) is 9.59 Å². The molecule has 0 aromatic heterocycles. The Morgan fingerprint density at radius 3 is 2.50 bits per heavy atom. The summed E-state index contributed by atoms with van der Waals surface area (Å²) in [5.41, 5.74) is -0.614. The molecule has 1 heterocycles. The van der Waals surface area contributed by atoms with Crippen LogP contribution < -0.4 is 10.6 Å². The maximum atomic E-state index is 12.0. The predicted molar refractivity (Wildman–Crippen MR) is 62.0 cm³/mol. The number of amides is 1. The van der Waals surface area contributed by atoms with E-state index in [2.05, 4.69) is 10.6 Å². The van der Waals surface area contributed by atoms with Crippen LogP contribution in [0.2, 0.25) is 0 Å². The summed E-state index contributed by atoms with van der Waals surface area (Å²) >= 11 is 0. The summed E-state index contributed by atoms with van der Waals surface area (Å²) in [6.07, 6.45) is 0.246. The first-order valence-electron chi connectivity index (χ1n) is 5.81. The van der Waals surface area contributed by atoms with E-state index in [1.807, 2.05) is 0 Å². The van der Waals surface area contributed by atoms with Crippen molar-refractivity contribution >= 4 is 17.8 Å². The Hall–Kier alpha value is -1.63. The van der Waals surface area contributed by atoms with Gasteiger partial charge in [0.25, 0.3) is 0 Å². The molecule has 1 aliphatic rings. The smallest absolute Gasteiger partial charge is 0.326 e. The van der Waals surface area contributed by atoms with Crippen LogP contribution in [0.3, 0.4) is 0 Å². The van der Waals surface area contributed by atoms with Gasteiger partial charge in [-0.1, -0.05) is 0 Å². The molecule has 1 unspecified atom stereocenters. The van der Waals surface area contributed by atoms with Gasteiger partial charge in [0, 0.05) is 13.0 Å². The van der Waals surface area contributed by atoms with Gasteiger partial charge in [0.1, 0.15) is 6.04 Å². The fourth-order valence-corrected chi connectivity index (χ4v) is 1.87. The Labute approximate surface area is 105 Å². The second-order valence-electron chi connectivity index (χ2n) is 4.78. The van der Waals surface area contributed by atoms with Crippen molar-refractivity contribution in [2.24, 2.45) is 5.41 Å². The molecule has 0 spiro atoms. The molecule has 1 rings (SSSR count). The molecule has 1 amide bonds. The number of hydrogen-bond donors (Lipinski definition) is 4. The van der Waals surface area contributed by atoms with Gasteiger partial charge in [-0.25, -0.2) is 4.79 Å². The van der Waals surface area contributed by atoms with Crippen LogP contribution in [0.15, 0.2) is 0 Å². The third-order valence-corrected chi connectivity index (χ3v) is 3.17. The number of carbonyl (C=O) groups is 3. The lowest BCUT2D eigenvalue weighted by Gasteiger charge is -2.24. The van der Waals surface area contributed by atoms with Crippen LogP contribution in [-0.2, 0) is 14.4 Å². The lowest BCUT2D eigenvalue weighted by Crippen LogP contribution is -2.48. The highest BCUT2D eigenvalue weighted by molar-refractivity contribution is 5.87. The molecule has 0 saturated carbocycles. The Kier molecular flexibility index (Phi) is 4.66. The van der Waals surface area contributed by atoms with E-state index in [1.165, 1.54) is 0 Å². The molecule has 1 aliphatic heterocycles. The van der Waals surface area contributed by atoms with Crippen LogP contribution in [-0.4, -0.2) is 47.2 Å². The number of hydrogen-bond acceptors (Lipinski definition) is 4. The number of carbonyl (C=O) groups excluding carboxylic acids is 1. The molecule has 2 atom stereocenters. The standard InChI is InChI=1S/C11H18N2O5/c1-11(4-5-12-6-11)10(18)13-7(9(16)17)2-3-8(14)15/h7,12H,2-6H2,1H3,(H,13,18)(H,14,15)(H,16,17)/t7-,11?/m0/s1. The van der Waals surface area contributed by atoms with E-state index in [-0.39, 0.29) is 18.7 Å². The SMILES string of the molecule is CC1(C(=O)N[C@@H](CCC(=O)O)C(=O)O)CCNC1. The molecule has 1 fully saturated rings. The van der Waals surface area contributed by atoms with Crippen molar-refractivity contribution in [1.82, 2.24) is 10.6 Å². The summed E-state index contributed by atoms with van der Waals surface area (Å²) in [7, 11) is 0. The van der Waals surface area contributed by atoms with Gasteiger partial charge in [0.15, 0.2) is 0 Å². The third-order valence-electron chi connectivity index (χ3n) is 3.17. The first kappa shape index (κ1) is 14.4. The number of aliphatic carboxylic acids is 2. The summed E-state index contributed by atoms with van der Waals surface area (Å²) in [4.78, 5) is 33.3. The fourth-order valence-electron chi connectivity index (χ4n) is 1.87. The van der Waals surface area contributed by atoms with Gasteiger partial charge in [0.05, 0.1) is 5.41 Å². The Morgan fingerprint density at radius 2 is 2.06 bits per heavy atom. The lowest BCUT2D eigenvalue weighted by molar-refractivity contribution is -0.144. The zero-order valence-electron chi connectivity index (χ0n) is 10.2. The average molecular weight is 258 g/mol. The minimum absolute atomic E-state index is 0.111. The molecule has 1 saturated heterocycles. The Morgan fingerprint density at radius 1 is 1.39 bits per heavy atom. The van der Waals surface area contributed by atoms with Gasteiger partial charge >= 0.3 is 11.9 Å². The average Bonchev–Trinajstić information content (AvgIpc) is 2.71. The van der Waals surface area contributed by atoms with Crippen LogP contribution in [0.4, 0.5) is 0 Å². The predicted octanol–water partition coefficient (Wildman–Crippen LogP) is -0.580. The Balaban J connectivity index is 2.57. The van der Waals surface area contributed by atoms with Gasteiger partial charge in [-0.15, -0.1) is 0 Å². The van der Waals surface area contributed by atoms with E-state index in [1.54, 1.807) is 6.92 Å². The van der Waals surface area contributed by atoms with Crippen molar-refractivity contribution in [2.45, 2.75) is 32.2 Å². The molecule has 7 heteroatoms. The molecular weight excluding hydrogens is 240 g/mol. The minimum Gasteiger partial charge on any atom is -0.481 e. The highest BCUT2D eigenvalue weighted by atomic mass is 16.4. The maximum Gasteiger partial charge on any atom is 0.326 e. The summed E-state index contributed by atoms with van der Waals surface area (Å²) in [5, 5.41) is 22.9. The Bertz CT molecular complexity index is 349. The molecule has 18 heavy (non-hydrogen) atoms. The van der Waals surface area contributed by atoms with Crippen molar-refractivity contribution in [2.75, 3.05) is 13.1 Å². The summed E-state index contributed by atoms with van der Waals surface area (Å²) < 4.78 is 0. The molecule has 0 bridgehead atoms. The van der Waals surface area contributed by atoms with Crippen molar-refractivity contribution in [3.8, 4) is 0 Å². The summed E-state index contributed by atoms with van der Waals surface area (Å²) in [5.74, 6) is -2.63. The largest absolute Gasteiger partial charge is 0.481 e. The summed E-state index contributed by atoms with van der Waals surface area (Å²) in [6, 6.07) is -1.15. The molecule has 7 nitrogen and oxygen atoms in total. The quantitative estimate of drug-likeness (QED) is 0.506. The molecule has 0 aromatic carbocycles. The molecule has 4 N–H and O–H groups in total. The maximum absolute atomic E-state index is 12.0. The second kappa shape index (κ2) is 5.81. The molecular formula is C11H18N2O5. The number of rotatable bonds is 6. The third kappa shape index (κ3) is 3.69. The molecule has 0 radical (unpaired) electrons. The van der Waals surface area contributed by atoms with Gasteiger partial charge in [-0.2, -0.15) is 0 Å². The van der Waals surface area contributed by atoms with Gasteiger partial charge in [-0.05, 0) is 26.3 Å². The van der Waals surface area contributed by atoms with E-state index >= 15 is 0 Å². The van der Waals surface area contributed by atoms with Crippen LogP contribution in [0.5, 0.6) is 0 Å². The van der Waals surface area contributed by atoms with E-state index in [4.69, 9.17) is 10.2 Å². The normalized spacial score (nSPS) is 24.5. The van der Waals surface area contributed by atoms with Crippen LogP contribution in [0.25, 0.3) is 0 Å². The number of nitrogens with one attached hydrogen (secondary N) is 2. The van der Waals surface area contributed by atoms with E-state index in [0.717, 1.165) is 6.54 Å². The molecule has 102 valence electrons. The fraction of sp³-hybridized carbons (Fsp3) is 0.727. The molecule has 0 aromatic rings. The van der Waals surface area contributed by atoms with Gasteiger partial charge < -0.3 is 20.8 Å². The van der Waals surface area contributed by atoms with Gasteiger partial charge in [0.2, 0.25) is 5.91 Å². The van der Waals surface area contributed by atoms with E-state index < -0.39 is 23.4 Å². The van der Waals surface area contributed by atoms with E-state index in [0.29, 0.717) is 13.0 Å². The number of carboxylic acids is 2. The van der Waals surface area contributed by atoms with Crippen molar-refractivity contribution in [1.29, 1.82) is 0 Å². The minimum atomic E-state index is -1.21. The van der Waals surface area contributed by atoms with Crippen LogP contribution >= 0.6 is 0 Å². The lowest BCUT2D eigenvalue weighted by atomic mass is 9.88. The molecule has 0 aliphatic carbocycles. The topological polar surface area (TPSA) is 116 Å². The van der Waals surface area contributed by atoms with E-state index in [9.17, 15) is 14.4 Å². The highest BCUT2D eigenvalue weighted by Crippen LogP contribution is 2.24. The van der Waals surface area contributed by atoms with Crippen molar-refractivity contribution in [3.63, 3.8) is 0 Å². The first-order chi connectivity index (χ1) is 8.35. The second-order valence-corrected chi connectivity index (χ2v) is 4.78. The van der Waals surface area contributed by atoms with Crippen molar-refractivity contribution < 1.29 is 24.6 Å². The van der Waals surface area contributed by atoms with Crippen molar-refractivity contribution in [3.05, 3.63) is 0 Å². The zero-order valence-corrected chi connectivity index (χ0v) is 10.2. The zero-order chi connectivity index (χ0) is 13.8. The highest BCUT2D eigenvalue weighted by Gasteiger charge is 2.38. The number of carboxylic acid groups (broad SMARTS) is 2. The monoisotopic (exact) mass is 258 g/mol. The summed E-state index contributed by atoms with van der Waals surface area (Å²) in [6.45, 7) is 2.99. The van der Waals surface area contributed by atoms with Crippen LogP contribution in [0, 0.1) is 5.41 Å². The van der Waals surface area contributed by atoms with Crippen LogP contribution in [0.1, 0.15) is 26.2 Å².